The van der Waals surface area contributed by atoms with Crippen LogP contribution in [0.15, 0.2) is 66.4 Å². The molecule has 0 aliphatic heterocycles. The van der Waals surface area contributed by atoms with Gasteiger partial charge in [-0.25, -0.2) is 0 Å². The third kappa shape index (κ3) is 8.13. The molecule has 1 aromatic heterocycles. The Morgan fingerprint density at radius 2 is 1.84 bits per heavy atom. The van der Waals surface area contributed by atoms with Crippen molar-refractivity contribution in [2.45, 2.75) is 25.2 Å². The van der Waals surface area contributed by atoms with E-state index in [9.17, 15) is 9.59 Å². The summed E-state index contributed by atoms with van der Waals surface area (Å²) < 4.78 is 17.7. The second kappa shape index (κ2) is 14.5. The Morgan fingerprint density at radius 1 is 1.08 bits per heavy atom. The standard InChI is InChI=1S/C27H31N5O5S/c1-5-15-32-24(17-28-25(33)14-8-19-7-13-22(35-3)23(16-19)36-4)30-31-27(32)38-18-26(34)29-20-9-11-21(12-10-20)37-6-2/h5,7-14,16H,1,6,15,17-18H2,2-4H3,(H,28,33)(H,29,34). The first-order valence-corrected chi connectivity index (χ1v) is 12.8. The third-order valence-electron chi connectivity index (χ3n) is 5.14. The Kier molecular flexibility index (Phi) is 10.8. The lowest BCUT2D eigenvalue weighted by atomic mass is 10.2. The molecule has 0 fully saturated rings. The van der Waals surface area contributed by atoms with Gasteiger partial charge < -0.3 is 29.4 Å². The number of aromatic nitrogens is 3. The molecule has 2 aromatic carbocycles. The summed E-state index contributed by atoms with van der Waals surface area (Å²) in [7, 11) is 3.12. The van der Waals surface area contributed by atoms with Crippen LogP contribution in [0, 0.1) is 0 Å². The number of hydrogen-bond acceptors (Lipinski definition) is 8. The zero-order chi connectivity index (χ0) is 27.3. The lowest BCUT2D eigenvalue weighted by Gasteiger charge is -2.09. The molecule has 2 amide bonds. The summed E-state index contributed by atoms with van der Waals surface area (Å²) in [6, 6.07) is 12.5. The van der Waals surface area contributed by atoms with Crippen LogP contribution < -0.4 is 24.8 Å². The van der Waals surface area contributed by atoms with E-state index in [1.165, 1.54) is 17.8 Å². The Bertz CT molecular complexity index is 1270. The van der Waals surface area contributed by atoms with Gasteiger partial charge >= 0.3 is 0 Å². The zero-order valence-electron chi connectivity index (χ0n) is 21.6. The molecule has 0 saturated heterocycles. The van der Waals surface area contributed by atoms with Gasteiger partial charge in [-0.05, 0) is 55.0 Å². The fourth-order valence-corrected chi connectivity index (χ4v) is 4.12. The van der Waals surface area contributed by atoms with Crippen molar-refractivity contribution in [3.63, 3.8) is 0 Å². The number of thioether (sulfide) groups is 1. The molecule has 0 radical (unpaired) electrons. The normalized spacial score (nSPS) is 10.7. The number of nitrogens with one attached hydrogen (secondary N) is 2. The predicted molar refractivity (Wildman–Crippen MR) is 148 cm³/mol. The molecule has 0 aliphatic carbocycles. The van der Waals surface area contributed by atoms with E-state index in [1.54, 1.807) is 67.3 Å². The third-order valence-corrected chi connectivity index (χ3v) is 6.11. The number of rotatable bonds is 14. The minimum absolute atomic E-state index is 0.142. The first-order chi connectivity index (χ1) is 18.5. The number of allylic oxidation sites excluding steroid dienone is 1. The summed E-state index contributed by atoms with van der Waals surface area (Å²) >= 11 is 1.25. The van der Waals surface area contributed by atoms with Gasteiger partial charge in [0.2, 0.25) is 11.8 Å². The molecular formula is C27H31N5O5S. The Hall–Kier alpha value is -4.25. The molecule has 2 N–H and O–H groups in total. The summed E-state index contributed by atoms with van der Waals surface area (Å²) in [6.45, 7) is 6.87. The van der Waals surface area contributed by atoms with Crippen molar-refractivity contribution < 1.29 is 23.8 Å². The van der Waals surface area contributed by atoms with Crippen LogP contribution in [0.2, 0.25) is 0 Å². The lowest BCUT2D eigenvalue weighted by Crippen LogP contribution is -2.23. The molecule has 38 heavy (non-hydrogen) atoms. The second-order valence-corrected chi connectivity index (χ2v) is 8.70. The van der Waals surface area contributed by atoms with Crippen LogP contribution in [0.3, 0.4) is 0 Å². The van der Waals surface area contributed by atoms with E-state index in [4.69, 9.17) is 14.2 Å². The topological polar surface area (TPSA) is 117 Å². The van der Waals surface area contributed by atoms with Crippen molar-refractivity contribution >= 4 is 35.3 Å². The number of ether oxygens (including phenoxy) is 3. The van der Waals surface area contributed by atoms with Gasteiger partial charge in [-0.3, -0.25) is 9.59 Å². The molecule has 0 atom stereocenters. The van der Waals surface area contributed by atoms with Crippen LogP contribution in [0.25, 0.3) is 6.08 Å². The monoisotopic (exact) mass is 537 g/mol. The van der Waals surface area contributed by atoms with E-state index in [1.807, 2.05) is 13.0 Å². The van der Waals surface area contributed by atoms with Gasteiger partial charge in [0, 0.05) is 18.3 Å². The van der Waals surface area contributed by atoms with Gasteiger partial charge in [-0.2, -0.15) is 0 Å². The number of amides is 2. The molecule has 0 saturated carbocycles. The van der Waals surface area contributed by atoms with Gasteiger partial charge in [0.25, 0.3) is 0 Å². The Balaban J connectivity index is 1.55. The number of nitrogens with zero attached hydrogens (tertiary/aromatic N) is 3. The maximum absolute atomic E-state index is 12.4. The van der Waals surface area contributed by atoms with E-state index in [2.05, 4.69) is 27.4 Å². The number of carbonyl (C=O) groups is 2. The molecule has 0 bridgehead atoms. The van der Waals surface area contributed by atoms with Crippen LogP contribution in [-0.4, -0.2) is 53.2 Å². The first-order valence-electron chi connectivity index (χ1n) is 11.8. The van der Waals surface area contributed by atoms with Crippen molar-refractivity contribution in [3.8, 4) is 17.2 Å². The molecular weight excluding hydrogens is 506 g/mol. The van der Waals surface area contributed by atoms with Crippen molar-refractivity contribution in [1.29, 1.82) is 0 Å². The first kappa shape index (κ1) is 28.3. The molecule has 3 aromatic rings. The quantitative estimate of drug-likeness (QED) is 0.180. The summed E-state index contributed by atoms with van der Waals surface area (Å²) in [5.74, 6) is 2.15. The summed E-state index contributed by atoms with van der Waals surface area (Å²) in [5, 5.41) is 14.6. The molecule has 200 valence electrons. The van der Waals surface area contributed by atoms with Crippen LogP contribution in [0.4, 0.5) is 5.69 Å². The number of hydrogen-bond donors (Lipinski definition) is 2. The number of benzene rings is 2. The van der Waals surface area contributed by atoms with Crippen molar-refractivity contribution in [2.24, 2.45) is 0 Å². The van der Waals surface area contributed by atoms with Crippen LogP contribution >= 0.6 is 11.8 Å². The van der Waals surface area contributed by atoms with Gasteiger partial charge in [0.05, 0.1) is 33.1 Å². The summed E-state index contributed by atoms with van der Waals surface area (Å²) in [6.07, 6.45) is 4.81. The number of anilines is 1. The molecule has 0 aliphatic rings. The minimum Gasteiger partial charge on any atom is -0.494 e. The molecule has 1 heterocycles. The summed E-state index contributed by atoms with van der Waals surface area (Å²) in [4.78, 5) is 24.8. The summed E-state index contributed by atoms with van der Waals surface area (Å²) in [5.41, 5.74) is 1.46. The van der Waals surface area contributed by atoms with Gasteiger partial charge in [0.15, 0.2) is 22.5 Å². The molecule has 10 nitrogen and oxygen atoms in total. The molecule has 11 heteroatoms. The van der Waals surface area contributed by atoms with E-state index in [-0.39, 0.29) is 24.1 Å². The number of methoxy groups -OCH3 is 2. The smallest absolute Gasteiger partial charge is 0.244 e. The van der Waals surface area contributed by atoms with Crippen molar-refractivity contribution in [3.05, 3.63) is 72.6 Å². The minimum atomic E-state index is -0.295. The largest absolute Gasteiger partial charge is 0.494 e. The predicted octanol–water partition coefficient (Wildman–Crippen LogP) is 3.94. The maximum atomic E-state index is 12.4. The highest BCUT2D eigenvalue weighted by Crippen LogP contribution is 2.28. The van der Waals surface area contributed by atoms with Crippen LogP contribution in [0.5, 0.6) is 17.2 Å². The van der Waals surface area contributed by atoms with E-state index < -0.39 is 0 Å². The maximum Gasteiger partial charge on any atom is 0.244 e. The lowest BCUT2D eigenvalue weighted by molar-refractivity contribution is -0.116. The van der Waals surface area contributed by atoms with Crippen LogP contribution in [0.1, 0.15) is 18.3 Å². The Morgan fingerprint density at radius 3 is 2.53 bits per heavy atom. The highest BCUT2D eigenvalue weighted by Gasteiger charge is 2.14. The van der Waals surface area contributed by atoms with Gasteiger partial charge in [-0.15, -0.1) is 16.8 Å². The molecule has 0 spiro atoms. The number of carbonyl (C=O) groups excluding carboxylic acids is 2. The molecule has 0 unspecified atom stereocenters. The van der Waals surface area contributed by atoms with Crippen molar-refractivity contribution in [2.75, 3.05) is 31.9 Å². The van der Waals surface area contributed by atoms with Gasteiger partial charge in [0.1, 0.15) is 5.75 Å². The van der Waals surface area contributed by atoms with Crippen LogP contribution in [-0.2, 0) is 22.7 Å². The molecule has 3 rings (SSSR count). The highest BCUT2D eigenvalue weighted by molar-refractivity contribution is 7.99. The fraction of sp³-hybridized carbons (Fsp3) is 0.259. The second-order valence-electron chi connectivity index (χ2n) is 7.76. The SMILES string of the molecule is C=CCn1c(CNC(=O)C=Cc2ccc(OC)c(OC)c2)nnc1SCC(=O)Nc1ccc(OCC)cc1. The van der Waals surface area contributed by atoms with E-state index >= 15 is 0 Å². The fourth-order valence-electron chi connectivity index (χ4n) is 3.35. The average Bonchev–Trinajstić information content (AvgIpc) is 3.32. The zero-order valence-corrected chi connectivity index (χ0v) is 22.4. The Labute approximate surface area is 226 Å². The van der Waals surface area contributed by atoms with E-state index in [0.29, 0.717) is 41.3 Å². The van der Waals surface area contributed by atoms with E-state index in [0.717, 1.165) is 11.3 Å². The van der Waals surface area contributed by atoms with Gasteiger partial charge in [-0.1, -0.05) is 23.9 Å². The van der Waals surface area contributed by atoms with Crippen molar-refractivity contribution in [1.82, 2.24) is 20.1 Å². The highest BCUT2D eigenvalue weighted by atomic mass is 32.2. The average molecular weight is 538 g/mol.